The molecule has 0 aliphatic heterocycles. The van der Waals surface area contributed by atoms with Gasteiger partial charge in [0.2, 0.25) is 0 Å². The Balaban J connectivity index is 2.13. The first-order valence-corrected chi connectivity index (χ1v) is 7.23. The fourth-order valence-electron chi connectivity index (χ4n) is 2.24. The molecule has 1 atom stereocenters. The Morgan fingerprint density at radius 2 is 1.45 bits per heavy atom. The van der Waals surface area contributed by atoms with Crippen molar-refractivity contribution >= 4 is 5.69 Å². The van der Waals surface area contributed by atoms with Crippen LogP contribution in [0.4, 0.5) is 5.69 Å². The van der Waals surface area contributed by atoms with Gasteiger partial charge in [-0.1, -0.05) is 55.8 Å². The Morgan fingerprint density at radius 3 is 1.95 bits per heavy atom. The SMILES string of the molecule is Cc1ccc(NC(CN)c2ccc(C(C)C)cc2)cc1. The van der Waals surface area contributed by atoms with Crippen LogP contribution in [0.25, 0.3) is 0 Å². The van der Waals surface area contributed by atoms with E-state index in [4.69, 9.17) is 5.73 Å². The van der Waals surface area contributed by atoms with Crippen LogP contribution in [0.1, 0.15) is 42.5 Å². The minimum absolute atomic E-state index is 0.152. The largest absolute Gasteiger partial charge is 0.377 e. The van der Waals surface area contributed by atoms with Crippen LogP contribution in [0.15, 0.2) is 48.5 Å². The molecule has 2 rings (SSSR count). The summed E-state index contributed by atoms with van der Waals surface area (Å²) < 4.78 is 0. The van der Waals surface area contributed by atoms with Crippen LogP contribution in [0.2, 0.25) is 0 Å². The van der Waals surface area contributed by atoms with E-state index in [9.17, 15) is 0 Å². The second kappa shape index (κ2) is 6.58. The molecule has 2 nitrogen and oxygen atoms in total. The first kappa shape index (κ1) is 14.6. The summed E-state index contributed by atoms with van der Waals surface area (Å²) in [6.45, 7) is 7.09. The number of hydrogen-bond acceptors (Lipinski definition) is 2. The zero-order valence-corrected chi connectivity index (χ0v) is 12.6. The molecule has 2 aromatic rings. The third kappa shape index (κ3) is 3.61. The van der Waals surface area contributed by atoms with Crippen molar-refractivity contribution in [2.24, 2.45) is 5.73 Å². The Bertz CT molecular complexity index is 526. The van der Waals surface area contributed by atoms with Gasteiger partial charge in [-0.25, -0.2) is 0 Å². The van der Waals surface area contributed by atoms with Gasteiger partial charge >= 0.3 is 0 Å². The highest BCUT2D eigenvalue weighted by atomic mass is 14.9. The molecule has 0 saturated carbocycles. The highest BCUT2D eigenvalue weighted by Gasteiger charge is 2.09. The zero-order valence-electron chi connectivity index (χ0n) is 12.6. The average Bonchev–Trinajstić information content (AvgIpc) is 2.47. The third-order valence-corrected chi connectivity index (χ3v) is 3.63. The summed E-state index contributed by atoms with van der Waals surface area (Å²) in [6.07, 6.45) is 0. The monoisotopic (exact) mass is 268 g/mol. The van der Waals surface area contributed by atoms with Crippen LogP contribution in [0.3, 0.4) is 0 Å². The summed E-state index contributed by atoms with van der Waals surface area (Å²) in [7, 11) is 0. The molecule has 0 radical (unpaired) electrons. The smallest absolute Gasteiger partial charge is 0.0636 e. The Labute approximate surface area is 122 Å². The number of aryl methyl sites for hydroxylation is 1. The van der Waals surface area contributed by atoms with Crippen LogP contribution in [-0.4, -0.2) is 6.54 Å². The number of rotatable bonds is 5. The van der Waals surface area contributed by atoms with Gasteiger partial charge in [-0.2, -0.15) is 0 Å². The van der Waals surface area contributed by atoms with Crippen molar-refractivity contribution in [3.8, 4) is 0 Å². The van der Waals surface area contributed by atoms with E-state index in [-0.39, 0.29) is 6.04 Å². The molecule has 0 amide bonds. The van der Waals surface area contributed by atoms with Crippen LogP contribution >= 0.6 is 0 Å². The fourth-order valence-corrected chi connectivity index (χ4v) is 2.24. The Kier molecular flexibility index (Phi) is 4.80. The maximum absolute atomic E-state index is 5.92. The lowest BCUT2D eigenvalue weighted by molar-refractivity contribution is 0.786. The van der Waals surface area contributed by atoms with Crippen molar-refractivity contribution in [1.29, 1.82) is 0 Å². The molecule has 0 aliphatic carbocycles. The molecule has 2 heteroatoms. The number of anilines is 1. The highest BCUT2D eigenvalue weighted by molar-refractivity contribution is 5.47. The van der Waals surface area contributed by atoms with Gasteiger partial charge in [0, 0.05) is 12.2 Å². The second-order valence-corrected chi connectivity index (χ2v) is 5.62. The lowest BCUT2D eigenvalue weighted by Gasteiger charge is -2.19. The minimum Gasteiger partial charge on any atom is -0.377 e. The van der Waals surface area contributed by atoms with Gasteiger partial charge in [0.25, 0.3) is 0 Å². The van der Waals surface area contributed by atoms with Crippen LogP contribution in [0, 0.1) is 6.92 Å². The summed E-state index contributed by atoms with van der Waals surface area (Å²) in [6, 6.07) is 17.3. The first-order chi connectivity index (χ1) is 9.60. The topological polar surface area (TPSA) is 38.0 Å². The van der Waals surface area contributed by atoms with E-state index in [1.165, 1.54) is 16.7 Å². The molecule has 0 aliphatic rings. The number of nitrogens with one attached hydrogen (secondary N) is 1. The van der Waals surface area contributed by atoms with Gasteiger partial charge in [0.1, 0.15) is 0 Å². The van der Waals surface area contributed by atoms with Crippen molar-refractivity contribution in [2.75, 3.05) is 11.9 Å². The lowest BCUT2D eigenvalue weighted by atomic mass is 9.99. The van der Waals surface area contributed by atoms with E-state index < -0.39 is 0 Å². The Hall–Kier alpha value is -1.80. The molecule has 0 bridgehead atoms. The molecule has 20 heavy (non-hydrogen) atoms. The van der Waals surface area contributed by atoms with Gasteiger partial charge in [0.05, 0.1) is 6.04 Å². The van der Waals surface area contributed by atoms with E-state index in [1.807, 2.05) is 0 Å². The summed E-state index contributed by atoms with van der Waals surface area (Å²) in [5.74, 6) is 0.561. The van der Waals surface area contributed by atoms with Crippen molar-refractivity contribution in [1.82, 2.24) is 0 Å². The normalized spacial score (nSPS) is 12.4. The van der Waals surface area contributed by atoms with Crippen LogP contribution in [-0.2, 0) is 0 Å². The van der Waals surface area contributed by atoms with E-state index in [0.29, 0.717) is 12.5 Å². The van der Waals surface area contributed by atoms with Crippen molar-refractivity contribution in [2.45, 2.75) is 32.7 Å². The number of nitrogens with two attached hydrogens (primary N) is 1. The first-order valence-electron chi connectivity index (χ1n) is 7.23. The van der Waals surface area contributed by atoms with Gasteiger partial charge < -0.3 is 11.1 Å². The third-order valence-electron chi connectivity index (χ3n) is 3.63. The molecule has 0 saturated heterocycles. The van der Waals surface area contributed by atoms with Gasteiger partial charge in [0.15, 0.2) is 0 Å². The molecular weight excluding hydrogens is 244 g/mol. The van der Waals surface area contributed by atoms with Crippen LogP contribution < -0.4 is 11.1 Å². The molecule has 2 aromatic carbocycles. The van der Waals surface area contributed by atoms with Crippen molar-refractivity contribution in [3.63, 3.8) is 0 Å². The molecule has 106 valence electrons. The van der Waals surface area contributed by atoms with Gasteiger partial charge in [-0.3, -0.25) is 0 Å². The molecule has 0 heterocycles. The van der Waals surface area contributed by atoms with Gasteiger partial charge in [-0.05, 0) is 36.1 Å². The van der Waals surface area contributed by atoms with E-state index in [2.05, 4.69) is 74.6 Å². The zero-order chi connectivity index (χ0) is 14.5. The maximum Gasteiger partial charge on any atom is 0.0636 e. The summed E-state index contributed by atoms with van der Waals surface area (Å²) in [5, 5.41) is 3.50. The Morgan fingerprint density at radius 1 is 0.900 bits per heavy atom. The maximum atomic E-state index is 5.92. The average molecular weight is 268 g/mol. The summed E-state index contributed by atoms with van der Waals surface area (Å²) in [4.78, 5) is 0. The minimum atomic E-state index is 0.152. The molecule has 0 spiro atoms. The quantitative estimate of drug-likeness (QED) is 0.851. The van der Waals surface area contributed by atoms with E-state index in [1.54, 1.807) is 0 Å². The molecule has 1 unspecified atom stereocenters. The number of benzene rings is 2. The molecule has 3 N–H and O–H groups in total. The van der Waals surface area contributed by atoms with Crippen molar-refractivity contribution < 1.29 is 0 Å². The van der Waals surface area contributed by atoms with E-state index in [0.717, 1.165) is 5.69 Å². The molecule has 0 fully saturated rings. The standard InChI is InChI=1S/C18H24N2/c1-13(2)15-6-8-16(9-7-15)18(12-19)20-17-10-4-14(3)5-11-17/h4-11,13,18,20H,12,19H2,1-3H3. The number of hydrogen-bond donors (Lipinski definition) is 2. The second-order valence-electron chi connectivity index (χ2n) is 5.62. The predicted molar refractivity (Wildman–Crippen MR) is 87.1 cm³/mol. The fraction of sp³-hybridized carbons (Fsp3) is 0.333. The van der Waals surface area contributed by atoms with Gasteiger partial charge in [-0.15, -0.1) is 0 Å². The molecule has 0 aromatic heterocycles. The van der Waals surface area contributed by atoms with E-state index >= 15 is 0 Å². The molecular formula is C18H24N2. The highest BCUT2D eigenvalue weighted by Crippen LogP contribution is 2.22. The summed E-state index contributed by atoms with van der Waals surface area (Å²) in [5.41, 5.74) is 10.9. The predicted octanol–water partition coefficient (Wildman–Crippen LogP) is 4.23. The lowest BCUT2D eigenvalue weighted by Crippen LogP contribution is -2.20. The van der Waals surface area contributed by atoms with Crippen molar-refractivity contribution in [3.05, 3.63) is 65.2 Å². The van der Waals surface area contributed by atoms with Crippen LogP contribution in [0.5, 0.6) is 0 Å². The summed E-state index contributed by atoms with van der Waals surface area (Å²) >= 11 is 0.